The Morgan fingerprint density at radius 3 is 2.32 bits per heavy atom. The molecule has 2 N–H and O–H groups in total. The predicted octanol–water partition coefficient (Wildman–Crippen LogP) is 3.70. The van der Waals surface area contributed by atoms with E-state index in [0.29, 0.717) is 30.1 Å². The molecule has 9 nitrogen and oxygen atoms in total. The number of nitrogens with one attached hydrogen (secondary N) is 2. The van der Waals surface area contributed by atoms with Crippen molar-refractivity contribution in [1.29, 1.82) is 0 Å². The van der Waals surface area contributed by atoms with E-state index in [0.717, 1.165) is 18.4 Å². The molecule has 4 rings (SSSR count). The Kier molecular flexibility index (Phi) is 8.39. The summed E-state index contributed by atoms with van der Waals surface area (Å²) in [5.41, 5.74) is 2.08. The van der Waals surface area contributed by atoms with E-state index >= 15 is 0 Å². The van der Waals surface area contributed by atoms with Gasteiger partial charge in [0.1, 0.15) is 12.4 Å². The van der Waals surface area contributed by atoms with Crippen LogP contribution < -0.4 is 14.8 Å². The lowest BCUT2D eigenvalue weighted by atomic mass is 10.1. The van der Waals surface area contributed by atoms with Crippen molar-refractivity contribution in [3.05, 3.63) is 83.4 Å². The van der Waals surface area contributed by atoms with Gasteiger partial charge in [-0.2, -0.15) is 4.31 Å². The zero-order valence-corrected chi connectivity index (χ0v) is 22.9. The van der Waals surface area contributed by atoms with Crippen molar-refractivity contribution in [2.24, 2.45) is 0 Å². The second-order valence-corrected chi connectivity index (χ2v) is 12.7. The van der Waals surface area contributed by atoms with Crippen molar-refractivity contribution < 1.29 is 26.4 Å². The highest BCUT2D eigenvalue weighted by Crippen LogP contribution is 2.23. The molecular weight excluding hydrogens is 526 g/mol. The summed E-state index contributed by atoms with van der Waals surface area (Å²) < 4.78 is 60.9. The molecule has 38 heavy (non-hydrogen) atoms. The average molecular weight is 558 g/mol. The summed E-state index contributed by atoms with van der Waals surface area (Å²) in [6, 6.07) is 17.7. The summed E-state index contributed by atoms with van der Waals surface area (Å²) in [7, 11) is -7.38. The molecule has 0 aliphatic carbocycles. The summed E-state index contributed by atoms with van der Waals surface area (Å²) in [5, 5.41) is 2.72. The van der Waals surface area contributed by atoms with Crippen LogP contribution in [0.1, 0.15) is 34.3 Å². The first kappa shape index (κ1) is 27.6. The fourth-order valence-electron chi connectivity index (χ4n) is 4.17. The lowest BCUT2D eigenvalue weighted by molar-refractivity contribution is 0.0946. The predicted molar refractivity (Wildman–Crippen MR) is 145 cm³/mol. The third kappa shape index (κ3) is 6.53. The SMILES string of the molecule is Cc1cccc(NS(=O)(=O)c2cc(C(=O)NCCOc3ccc(S(=O)(=O)N4CCCC4)cc3)ccc2C)c1. The number of rotatable bonds is 10. The maximum Gasteiger partial charge on any atom is 0.262 e. The quantitative estimate of drug-likeness (QED) is 0.367. The molecule has 11 heteroatoms. The Balaban J connectivity index is 1.33. The molecule has 0 aromatic heterocycles. The van der Waals surface area contributed by atoms with Crippen molar-refractivity contribution in [2.75, 3.05) is 31.0 Å². The van der Waals surface area contributed by atoms with E-state index < -0.39 is 26.0 Å². The van der Waals surface area contributed by atoms with Crippen molar-refractivity contribution in [2.45, 2.75) is 36.5 Å². The number of ether oxygens (including phenoxy) is 1. The number of carbonyl (C=O) groups excluding carboxylic acids is 1. The van der Waals surface area contributed by atoms with Crippen LogP contribution in [0, 0.1) is 13.8 Å². The minimum atomic E-state index is -3.90. The molecule has 0 bridgehead atoms. The third-order valence-electron chi connectivity index (χ3n) is 6.19. The lowest BCUT2D eigenvalue weighted by Gasteiger charge is -2.15. The van der Waals surface area contributed by atoms with Crippen LogP contribution in [0.3, 0.4) is 0 Å². The second-order valence-electron chi connectivity index (χ2n) is 9.14. The maximum absolute atomic E-state index is 13.0. The van der Waals surface area contributed by atoms with Crippen molar-refractivity contribution in [3.63, 3.8) is 0 Å². The number of aryl methyl sites for hydroxylation is 2. The molecule has 0 spiro atoms. The minimum absolute atomic E-state index is 0.0203. The van der Waals surface area contributed by atoms with E-state index in [9.17, 15) is 21.6 Å². The molecule has 0 saturated carbocycles. The van der Waals surface area contributed by atoms with Gasteiger partial charge < -0.3 is 10.1 Å². The molecule has 0 atom stereocenters. The molecule has 1 aliphatic heterocycles. The number of amides is 1. The van der Waals surface area contributed by atoms with E-state index in [1.54, 1.807) is 49.4 Å². The van der Waals surface area contributed by atoms with Crippen LogP contribution in [-0.2, 0) is 20.0 Å². The Labute approximate surface area is 223 Å². The first-order valence-electron chi connectivity index (χ1n) is 12.3. The van der Waals surface area contributed by atoms with Crippen LogP contribution in [0.4, 0.5) is 5.69 Å². The van der Waals surface area contributed by atoms with Crippen LogP contribution >= 0.6 is 0 Å². The smallest absolute Gasteiger partial charge is 0.262 e. The highest BCUT2D eigenvalue weighted by molar-refractivity contribution is 7.92. The van der Waals surface area contributed by atoms with Gasteiger partial charge in [-0.25, -0.2) is 16.8 Å². The number of anilines is 1. The average Bonchev–Trinajstić information content (AvgIpc) is 3.43. The van der Waals surface area contributed by atoms with Gasteiger partial charge in [-0.3, -0.25) is 9.52 Å². The summed E-state index contributed by atoms with van der Waals surface area (Å²) in [5.74, 6) is 0.0400. The van der Waals surface area contributed by atoms with Crippen molar-refractivity contribution in [1.82, 2.24) is 9.62 Å². The summed E-state index contributed by atoms with van der Waals surface area (Å²) in [6.45, 7) is 4.94. The first-order valence-corrected chi connectivity index (χ1v) is 15.2. The Hall–Kier alpha value is -3.41. The molecule has 1 amide bonds. The van der Waals surface area contributed by atoms with Gasteiger partial charge in [0.25, 0.3) is 15.9 Å². The van der Waals surface area contributed by atoms with Crippen LogP contribution in [0.25, 0.3) is 0 Å². The van der Waals surface area contributed by atoms with Crippen LogP contribution in [0.15, 0.2) is 76.5 Å². The number of hydrogen-bond donors (Lipinski definition) is 2. The second kappa shape index (κ2) is 11.5. The van der Waals surface area contributed by atoms with E-state index in [1.807, 2.05) is 13.0 Å². The molecule has 1 fully saturated rings. The zero-order valence-electron chi connectivity index (χ0n) is 21.3. The molecule has 1 saturated heterocycles. The van der Waals surface area contributed by atoms with E-state index in [2.05, 4.69) is 10.0 Å². The fourth-order valence-corrected chi connectivity index (χ4v) is 7.01. The summed E-state index contributed by atoms with van der Waals surface area (Å²) >= 11 is 0. The largest absolute Gasteiger partial charge is 0.492 e. The Morgan fingerprint density at radius 2 is 1.63 bits per heavy atom. The van der Waals surface area contributed by atoms with Gasteiger partial charge in [-0.05, 0) is 86.3 Å². The number of carbonyl (C=O) groups is 1. The van der Waals surface area contributed by atoms with Crippen LogP contribution in [-0.4, -0.2) is 53.3 Å². The standard InChI is InChI=1S/C27H31N3O6S2/c1-20-6-5-7-23(18-20)29-37(32,33)26-19-22(9-8-21(26)2)27(31)28-14-17-36-24-10-12-25(13-11-24)38(34,35)30-15-3-4-16-30/h5-13,18-19,29H,3-4,14-17H2,1-2H3,(H,28,31). The maximum atomic E-state index is 13.0. The number of hydrogen-bond acceptors (Lipinski definition) is 6. The Bertz CT molecular complexity index is 1510. The van der Waals surface area contributed by atoms with E-state index in [1.165, 1.54) is 22.5 Å². The van der Waals surface area contributed by atoms with Gasteiger partial charge in [0.2, 0.25) is 10.0 Å². The number of nitrogens with zero attached hydrogens (tertiary/aromatic N) is 1. The molecule has 0 radical (unpaired) electrons. The first-order chi connectivity index (χ1) is 18.1. The van der Waals surface area contributed by atoms with Gasteiger partial charge in [-0.15, -0.1) is 0 Å². The zero-order chi connectivity index (χ0) is 27.3. The monoisotopic (exact) mass is 557 g/mol. The number of sulfonamides is 2. The Morgan fingerprint density at radius 1 is 0.921 bits per heavy atom. The van der Waals surface area contributed by atoms with Gasteiger partial charge in [0.15, 0.2) is 0 Å². The van der Waals surface area contributed by atoms with Crippen molar-refractivity contribution >= 4 is 31.6 Å². The molecule has 3 aromatic rings. The van der Waals surface area contributed by atoms with E-state index in [-0.39, 0.29) is 28.5 Å². The lowest BCUT2D eigenvalue weighted by Crippen LogP contribution is -2.28. The normalized spacial score (nSPS) is 14.3. The third-order valence-corrected chi connectivity index (χ3v) is 9.63. The molecule has 1 heterocycles. The highest BCUT2D eigenvalue weighted by atomic mass is 32.2. The summed E-state index contributed by atoms with van der Waals surface area (Å²) in [6.07, 6.45) is 1.74. The minimum Gasteiger partial charge on any atom is -0.492 e. The highest BCUT2D eigenvalue weighted by Gasteiger charge is 2.27. The van der Waals surface area contributed by atoms with Crippen LogP contribution in [0.2, 0.25) is 0 Å². The van der Waals surface area contributed by atoms with Gasteiger partial charge in [0, 0.05) is 24.3 Å². The van der Waals surface area contributed by atoms with Gasteiger partial charge >= 0.3 is 0 Å². The molecular formula is C27H31N3O6S2. The van der Waals surface area contributed by atoms with Crippen LogP contribution in [0.5, 0.6) is 5.75 Å². The number of benzene rings is 3. The van der Waals surface area contributed by atoms with Crippen molar-refractivity contribution in [3.8, 4) is 5.75 Å². The van der Waals surface area contributed by atoms with Gasteiger partial charge in [-0.1, -0.05) is 18.2 Å². The molecule has 0 unspecified atom stereocenters. The molecule has 3 aromatic carbocycles. The topological polar surface area (TPSA) is 122 Å². The molecule has 202 valence electrons. The van der Waals surface area contributed by atoms with Gasteiger partial charge in [0.05, 0.1) is 16.3 Å². The fraction of sp³-hybridized carbons (Fsp3) is 0.296. The van der Waals surface area contributed by atoms with E-state index in [4.69, 9.17) is 4.74 Å². The summed E-state index contributed by atoms with van der Waals surface area (Å²) in [4.78, 5) is 12.9. The molecule has 1 aliphatic rings.